The Balaban J connectivity index is 0.965. The number of benzene rings is 9. The second-order valence-corrected chi connectivity index (χ2v) is 18.1. The van der Waals surface area contributed by atoms with Crippen molar-refractivity contribution < 1.29 is 0 Å². The highest BCUT2D eigenvalue weighted by Gasteiger charge is 2.48. The molecule has 0 saturated heterocycles. The summed E-state index contributed by atoms with van der Waals surface area (Å²) < 4.78 is 0. The summed E-state index contributed by atoms with van der Waals surface area (Å²) in [7, 11) is 0. The molecule has 0 N–H and O–H groups in total. The Bertz CT molecular complexity index is 3510. The van der Waals surface area contributed by atoms with E-state index in [1.165, 1.54) is 44.5 Å². The summed E-state index contributed by atoms with van der Waals surface area (Å²) in [5.41, 5.74) is 17.7. The average molecular weight is 895 g/mol. The molecule has 0 radical (unpaired) electrons. The van der Waals surface area contributed by atoms with Crippen LogP contribution in [0.3, 0.4) is 0 Å². The van der Waals surface area contributed by atoms with Crippen LogP contribution >= 0.6 is 0 Å². The molecule has 9 aromatic carbocycles. The van der Waals surface area contributed by atoms with Gasteiger partial charge in [-0.05, 0) is 80.9 Å². The topological polar surface area (TPSA) is 58.0 Å². The van der Waals surface area contributed by atoms with Crippen molar-refractivity contribution in [1.82, 2.24) is 19.9 Å². The lowest BCUT2D eigenvalue weighted by Gasteiger charge is -2.46. The lowest BCUT2D eigenvalue weighted by atomic mass is 9.62. The summed E-state index contributed by atoms with van der Waals surface area (Å²) in [6.07, 6.45) is 7.55. The first-order valence-corrected chi connectivity index (χ1v) is 23.8. The van der Waals surface area contributed by atoms with Gasteiger partial charge in [0.2, 0.25) is 0 Å². The van der Waals surface area contributed by atoms with Crippen LogP contribution in [0.4, 0.5) is 34.1 Å². The largest absolute Gasteiger partial charge is 0.308 e. The third kappa shape index (κ3) is 5.56. The van der Waals surface area contributed by atoms with Crippen molar-refractivity contribution in [3.05, 3.63) is 300 Å². The van der Waals surface area contributed by atoms with Crippen LogP contribution in [0.5, 0.6) is 0 Å². The highest BCUT2D eigenvalue weighted by atomic mass is 15.2. The number of aromatic nitrogens is 4. The van der Waals surface area contributed by atoms with E-state index in [0.29, 0.717) is 0 Å². The number of anilines is 6. The number of hydrogen-bond donors (Lipinski definition) is 0. The van der Waals surface area contributed by atoms with Crippen LogP contribution in [0.15, 0.2) is 255 Å². The van der Waals surface area contributed by atoms with Crippen LogP contribution in [0.25, 0.3) is 32.8 Å². The fraction of sp³-hybridized carbons (Fsp3) is 0.0312. The first-order valence-electron chi connectivity index (χ1n) is 23.8. The highest BCUT2D eigenvalue weighted by Crippen LogP contribution is 2.59. The van der Waals surface area contributed by atoms with Crippen LogP contribution < -0.4 is 9.80 Å². The van der Waals surface area contributed by atoms with Gasteiger partial charge in [-0.25, -0.2) is 0 Å². The third-order valence-electron chi connectivity index (χ3n) is 14.7. The van der Waals surface area contributed by atoms with Crippen molar-refractivity contribution in [2.45, 2.75) is 10.8 Å². The summed E-state index contributed by atoms with van der Waals surface area (Å²) in [5, 5.41) is 1.77. The predicted molar refractivity (Wildman–Crippen MR) is 283 cm³/mol. The van der Waals surface area contributed by atoms with E-state index >= 15 is 0 Å². The molecule has 0 spiro atoms. The molecule has 5 heterocycles. The van der Waals surface area contributed by atoms with Gasteiger partial charge in [-0.2, -0.15) is 0 Å². The van der Waals surface area contributed by atoms with Gasteiger partial charge in [0.15, 0.2) is 0 Å². The first-order chi connectivity index (χ1) is 34.8. The second kappa shape index (κ2) is 15.7. The average Bonchev–Trinajstić information content (AvgIpc) is 3.44. The highest BCUT2D eigenvalue weighted by molar-refractivity contribution is 6.21. The normalized spacial score (nSPS) is 14.2. The summed E-state index contributed by atoms with van der Waals surface area (Å²) in [4.78, 5) is 25.6. The summed E-state index contributed by atoms with van der Waals surface area (Å²) in [6, 6.07) is 83.3. The second-order valence-electron chi connectivity index (χ2n) is 18.1. The smallest absolute Gasteiger partial charge is 0.0989 e. The van der Waals surface area contributed by atoms with Crippen LogP contribution in [0.2, 0.25) is 0 Å². The Labute approximate surface area is 405 Å². The van der Waals surface area contributed by atoms with Crippen molar-refractivity contribution >= 4 is 67.0 Å². The first kappa shape index (κ1) is 39.9. The van der Waals surface area contributed by atoms with Crippen molar-refractivity contribution in [2.75, 3.05) is 9.80 Å². The molecule has 12 aromatic rings. The van der Waals surface area contributed by atoms with E-state index in [1.54, 1.807) is 12.4 Å². The lowest BCUT2D eigenvalue weighted by Crippen LogP contribution is -2.37. The maximum absolute atomic E-state index is 5.35. The number of fused-ring (bicyclic) bond motifs is 10. The molecule has 0 bridgehead atoms. The zero-order valence-electron chi connectivity index (χ0n) is 37.9. The Morgan fingerprint density at radius 1 is 0.271 bits per heavy atom. The number of pyridine rings is 2. The van der Waals surface area contributed by atoms with Crippen molar-refractivity contribution in [1.29, 1.82) is 0 Å². The summed E-state index contributed by atoms with van der Waals surface area (Å²) in [5.74, 6) is 0. The van der Waals surface area contributed by atoms with Crippen LogP contribution in [0.1, 0.15) is 44.5 Å². The predicted octanol–water partition coefficient (Wildman–Crippen LogP) is 15.1. The fourth-order valence-corrected chi connectivity index (χ4v) is 12.0. The van der Waals surface area contributed by atoms with Gasteiger partial charge in [0.25, 0.3) is 0 Å². The fourth-order valence-electron chi connectivity index (χ4n) is 12.0. The molecular formula is C64H42N6. The monoisotopic (exact) mass is 894 g/mol. The molecule has 0 unspecified atom stereocenters. The minimum absolute atomic E-state index is 0.577. The van der Waals surface area contributed by atoms with Gasteiger partial charge < -0.3 is 9.80 Å². The Morgan fingerprint density at radius 3 is 0.829 bits per heavy atom. The molecule has 70 heavy (non-hydrogen) atoms. The molecule has 6 nitrogen and oxygen atoms in total. The lowest BCUT2D eigenvalue weighted by molar-refractivity contribution is 0.731. The van der Waals surface area contributed by atoms with E-state index in [0.717, 1.165) is 67.0 Å². The molecule has 14 rings (SSSR count). The Hall–Kier alpha value is -9.26. The number of nitrogens with zero attached hydrogens (tertiary/aromatic N) is 6. The van der Waals surface area contributed by atoms with E-state index in [4.69, 9.17) is 19.9 Å². The van der Waals surface area contributed by atoms with E-state index in [1.807, 2.05) is 12.4 Å². The molecule has 0 atom stereocenters. The van der Waals surface area contributed by atoms with Gasteiger partial charge in [0.1, 0.15) is 0 Å². The third-order valence-corrected chi connectivity index (χ3v) is 14.7. The molecule has 6 heteroatoms. The standard InChI is InChI=1S/C64H42N6/c1-5-21-43(22-6-1)63(44-23-7-2-8-24-44)51-29-13-17-33-55(51)69(56-34-18-14-30-52(56)63)47-39-49-59-60(66-38-37-65-59)50-40-48(42-68-62(50)61(49)67-41-47)70-57-35-19-15-31-53(57)64(45-25-9-3-10-26-45,46-27-11-4-12-28-46)54-32-16-20-36-58(54)70/h1-42H. The minimum atomic E-state index is -0.577. The minimum Gasteiger partial charge on any atom is -0.308 e. The molecule has 0 saturated carbocycles. The molecule has 2 aliphatic heterocycles. The molecule has 3 aromatic heterocycles. The van der Waals surface area contributed by atoms with E-state index in [2.05, 4.69) is 240 Å². The van der Waals surface area contributed by atoms with Gasteiger partial charge in [-0.3, -0.25) is 19.9 Å². The summed E-state index contributed by atoms with van der Waals surface area (Å²) >= 11 is 0. The van der Waals surface area contributed by atoms with E-state index < -0.39 is 10.8 Å². The molecule has 0 amide bonds. The quantitative estimate of drug-likeness (QED) is 0.155. The Morgan fingerprint density at radius 2 is 0.529 bits per heavy atom. The van der Waals surface area contributed by atoms with E-state index in [-0.39, 0.29) is 0 Å². The van der Waals surface area contributed by atoms with Gasteiger partial charge in [0.05, 0.1) is 79.4 Å². The van der Waals surface area contributed by atoms with Crippen LogP contribution in [0, 0.1) is 0 Å². The zero-order chi connectivity index (χ0) is 46.2. The van der Waals surface area contributed by atoms with Gasteiger partial charge >= 0.3 is 0 Å². The molecule has 0 aliphatic carbocycles. The maximum Gasteiger partial charge on any atom is 0.0989 e. The number of rotatable bonds is 6. The van der Waals surface area contributed by atoms with Crippen LogP contribution in [-0.4, -0.2) is 19.9 Å². The van der Waals surface area contributed by atoms with E-state index in [9.17, 15) is 0 Å². The molecule has 328 valence electrons. The van der Waals surface area contributed by atoms with Crippen molar-refractivity contribution in [2.24, 2.45) is 0 Å². The molecular weight excluding hydrogens is 853 g/mol. The summed E-state index contributed by atoms with van der Waals surface area (Å²) in [6.45, 7) is 0. The Kier molecular flexibility index (Phi) is 8.92. The maximum atomic E-state index is 5.35. The number of hydrogen-bond acceptors (Lipinski definition) is 6. The molecule has 0 fully saturated rings. The van der Waals surface area contributed by atoms with Crippen molar-refractivity contribution in [3.63, 3.8) is 0 Å². The van der Waals surface area contributed by atoms with Crippen LogP contribution in [-0.2, 0) is 10.8 Å². The van der Waals surface area contributed by atoms with Gasteiger partial charge in [-0.15, -0.1) is 0 Å². The molecule has 2 aliphatic rings. The SMILES string of the molecule is c1ccc(C2(c3ccccc3)c3ccccc3N(c3cnc4c(c3)c3nccnc3c3cc(N5c6ccccc6C(c6ccccc6)(c6ccccc6)c6ccccc65)cnc34)c3ccccc32)cc1. The van der Waals surface area contributed by atoms with Gasteiger partial charge in [-0.1, -0.05) is 194 Å². The van der Waals surface area contributed by atoms with Gasteiger partial charge in [0, 0.05) is 23.2 Å². The zero-order valence-corrected chi connectivity index (χ0v) is 37.9. The van der Waals surface area contributed by atoms with Crippen molar-refractivity contribution in [3.8, 4) is 0 Å². The number of para-hydroxylation sites is 4.